The van der Waals surface area contributed by atoms with E-state index in [0.29, 0.717) is 0 Å². The van der Waals surface area contributed by atoms with Gasteiger partial charge in [0.15, 0.2) is 0 Å². The van der Waals surface area contributed by atoms with E-state index in [0.717, 1.165) is 0 Å². The number of nitrogens with two attached hydrogens (primary N) is 1. The molecule has 1 unspecified atom stereocenters. The summed E-state index contributed by atoms with van der Waals surface area (Å²) in [5.74, 6) is -0.254. The van der Waals surface area contributed by atoms with E-state index in [2.05, 4.69) is 5.32 Å². The first kappa shape index (κ1) is 10.4. The van der Waals surface area contributed by atoms with Gasteiger partial charge in [-0.15, -0.1) is 0 Å². The van der Waals surface area contributed by atoms with Gasteiger partial charge in [0, 0.05) is 0 Å². The van der Waals surface area contributed by atoms with Crippen LogP contribution in [-0.4, -0.2) is 29.2 Å². The molecule has 0 aromatic rings. The summed E-state index contributed by atoms with van der Waals surface area (Å²) in [6, 6.07) is 0. The van der Waals surface area contributed by atoms with E-state index in [-0.39, 0.29) is 12.5 Å². The smallest absolute Gasteiger partial charge is 0.234 e. The molecule has 1 atom stereocenters. The van der Waals surface area contributed by atoms with Crippen LogP contribution in [0.5, 0.6) is 0 Å². The van der Waals surface area contributed by atoms with Gasteiger partial charge in [0.1, 0.15) is 0 Å². The van der Waals surface area contributed by atoms with E-state index in [1.54, 1.807) is 20.8 Å². The monoisotopic (exact) mass is 160 g/mol. The number of amides is 1. The average Bonchev–Trinajstić information content (AvgIpc) is 1.86. The minimum Gasteiger partial charge on any atom is -0.391 e. The van der Waals surface area contributed by atoms with Crippen molar-refractivity contribution in [1.82, 2.24) is 5.32 Å². The van der Waals surface area contributed by atoms with E-state index in [9.17, 15) is 4.79 Å². The Hall–Kier alpha value is -0.610. The van der Waals surface area contributed by atoms with Gasteiger partial charge < -0.3 is 16.2 Å². The zero-order chi connectivity index (χ0) is 9.07. The van der Waals surface area contributed by atoms with Crippen LogP contribution in [0.4, 0.5) is 0 Å². The fourth-order valence-corrected chi connectivity index (χ4v) is 0.515. The van der Waals surface area contributed by atoms with Gasteiger partial charge in [-0.05, 0) is 20.8 Å². The Morgan fingerprint density at radius 3 is 2.45 bits per heavy atom. The van der Waals surface area contributed by atoms with Crippen LogP contribution in [0.25, 0.3) is 0 Å². The summed E-state index contributed by atoms with van der Waals surface area (Å²) in [5, 5.41) is 11.8. The van der Waals surface area contributed by atoms with E-state index in [4.69, 9.17) is 10.8 Å². The van der Waals surface area contributed by atoms with Crippen LogP contribution in [0.2, 0.25) is 0 Å². The second kappa shape index (κ2) is 3.69. The molecule has 0 aromatic carbocycles. The number of hydrogen-bond acceptors (Lipinski definition) is 3. The topological polar surface area (TPSA) is 75.3 Å². The third-order valence-electron chi connectivity index (χ3n) is 1.69. The molecule has 4 heteroatoms. The zero-order valence-electron chi connectivity index (χ0n) is 7.22. The molecule has 0 spiro atoms. The summed E-state index contributed by atoms with van der Waals surface area (Å²) < 4.78 is 0. The van der Waals surface area contributed by atoms with E-state index in [1.165, 1.54) is 0 Å². The summed E-state index contributed by atoms with van der Waals surface area (Å²) in [6.45, 7) is 5.06. The highest BCUT2D eigenvalue weighted by molar-refractivity contribution is 5.78. The Morgan fingerprint density at radius 2 is 2.18 bits per heavy atom. The lowest BCUT2D eigenvalue weighted by atomic mass is 9.99. The minimum atomic E-state index is -0.601. The fraction of sp³-hybridized carbons (Fsp3) is 0.857. The van der Waals surface area contributed by atoms with Gasteiger partial charge in [-0.3, -0.25) is 4.79 Å². The molecule has 66 valence electrons. The lowest BCUT2D eigenvalue weighted by molar-refractivity contribution is -0.122. The first-order valence-corrected chi connectivity index (χ1v) is 3.59. The third kappa shape index (κ3) is 3.34. The van der Waals surface area contributed by atoms with Crippen LogP contribution in [0.1, 0.15) is 20.8 Å². The SMILES string of the molecule is CC(O)C(C)(C)NC(=O)CN. The van der Waals surface area contributed by atoms with E-state index in [1.807, 2.05) is 0 Å². The van der Waals surface area contributed by atoms with Crippen molar-refractivity contribution in [2.45, 2.75) is 32.4 Å². The van der Waals surface area contributed by atoms with E-state index >= 15 is 0 Å². The molecule has 0 bridgehead atoms. The zero-order valence-corrected chi connectivity index (χ0v) is 7.22. The fourth-order valence-electron chi connectivity index (χ4n) is 0.515. The highest BCUT2D eigenvalue weighted by atomic mass is 16.3. The van der Waals surface area contributed by atoms with Crippen LogP contribution in [0.15, 0.2) is 0 Å². The normalized spacial score (nSPS) is 14.3. The second-order valence-corrected chi connectivity index (χ2v) is 3.15. The van der Waals surface area contributed by atoms with Crippen molar-refractivity contribution in [3.63, 3.8) is 0 Å². The number of hydrogen-bond donors (Lipinski definition) is 3. The minimum absolute atomic E-state index is 0.0455. The summed E-state index contributed by atoms with van der Waals surface area (Å²) >= 11 is 0. The number of rotatable bonds is 3. The Labute approximate surface area is 66.8 Å². The molecule has 0 saturated heterocycles. The summed E-state index contributed by atoms with van der Waals surface area (Å²) in [5.41, 5.74) is 4.48. The molecular formula is C7H16N2O2. The Balaban J connectivity index is 4.01. The number of carbonyl (C=O) groups is 1. The van der Waals surface area contributed by atoms with Crippen molar-refractivity contribution < 1.29 is 9.90 Å². The molecule has 4 nitrogen and oxygen atoms in total. The van der Waals surface area contributed by atoms with Crippen molar-refractivity contribution >= 4 is 5.91 Å². The standard InChI is InChI=1S/C7H16N2O2/c1-5(10)7(2,3)9-6(11)4-8/h5,10H,4,8H2,1-3H3,(H,9,11). The molecule has 0 rings (SSSR count). The molecule has 1 amide bonds. The van der Waals surface area contributed by atoms with Gasteiger partial charge in [-0.2, -0.15) is 0 Å². The van der Waals surface area contributed by atoms with Crippen LogP contribution in [0.3, 0.4) is 0 Å². The van der Waals surface area contributed by atoms with Crippen molar-refractivity contribution in [2.75, 3.05) is 6.54 Å². The van der Waals surface area contributed by atoms with Gasteiger partial charge in [0.2, 0.25) is 5.91 Å². The van der Waals surface area contributed by atoms with Crippen LogP contribution in [-0.2, 0) is 4.79 Å². The number of nitrogens with one attached hydrogen (secondary N) is 1. The molecule has 11 heavy (non-hydrogen) atoms. The van der Waals surface area contributed by atoms with Crippen LogP contribution < -0.4 is 11.1 Å². The second-order valence-electron chi connectivity index (χ2n) is 3.15. The molecular weight excluding hydrogens is 144 g/mol. The number of carbonyl (C=O) groups excluding carboxylic acids is 1. The van der Waals surface area contributed by atoms with Crippen molar-refractivity contribution in [1.29, 1.82) is 0 Å². The summed E-state index contributed by atoms with van der Waals surface area (Å²) in [4.78, 5) is 10.8. The van der Waals surface area contributed by atoms with Crippen molar-refractivity contribution in [3.8, 4) is 0 Å². The molecule has 0 heterocycles. The number of aliphatic hydroxyl groups is 1. The van der Waals surface area contributed by atoms with Crippen LogP contribution in [0, 0.1) is 0 Å². The Morgan fingerprint density at radius 1 is 1.73 bits per heavy atom. The van der Waals surface area contributed by atoms with Gasteiger partial charge in [-0.25, -0.2) is 0 Å². The lowest BCUT2D eigenvalue weighted by Crippen LogP contribution is -2.52. The maximum Gasteiger partial charge on any atom is 0.234 e. The highest BCUT2D eigenvalue weighted by Crippen LogP contribution is 2.07. The maximum absolute atomic E-state index is 10.8. The van der Waals surface area contributed by atoms with E-state index < -0.39 is 11.6 Å². The average molecular weight is 160 g/mol. The highest BCUT2D eigenvalue weighted by Gasteiger charge is 2.25. The molecule has 0 fully saturated rings. The molecule has 4 N–H and O–H groups in total. The Kier molecular flexibility index (Phi) is 3.48. The molecule has 0 aliphatic heterocycles. The van der Waals surface area contributed by atoms with Crippen molar-refractivity contribution in [2.24, 2.45) is 5.73 Å². The molecule has 0 aliphatic carbocycles. The predicted octanol–water partition coefficient (Wildman–Crippen LogP) is -0.779. The largest absolute Gasteiger partial charge is 0.391 e. The van der Waals surface area contributed by atoms with Gasteiger partial charge in [0.05, 0.1) is 18.2 Å². The lowest BCUT2D eigenvalue weighted by Gasteiger charge is -2.28. The Bertz CT molecular complexity index is 143. The van der Waals surface area contributed by atoms with Crippen LogP contribution >= 0.6 is 0 Å². The molecule has 0 radical (unpaired) electrons. The number of aliphatic hydroxyl groups excluding tert-OH is 1. The van der Waals surface area contributed by atoms with Crippen molar-refractivity contribution in [3.05, 3.63) is 0 Å². The predicted molar refractivity (Wildman–Crippen MR) is 43.0 cm³/mol. The molecule has 0 aliphatic rings. The van der Waals surface area contributed by atoms with Gasteiger partial charge >= 0.3 is 0 Å². The first-order chi connectivity index (χ1) is 4.90. The summed E-state index contributed by atoms with van der Waals surface area (Å²) in [6.07, 6.45) is -0.585. The quantitative estimate of drug-likeness (QED) is 0.507. The first-order valence-electron chi connectivity index (χ1n) is 3.59. The van der Waals surface area contributed by atoms with Gasteiger partial charge in [-0.1, -0.05) is 0 Å². The molecule has 0 aromatic heterocycles. The third-order valence-corrected chi connectivity index (χ3v) is 1.69. The summed E-state index contributed by atoms with van der Waals surface area (Å²) in [7, 11) is 0. The maximum atomic E-state index is 10.8. The van der Waals surface area contributed by atoms with Gasteiger partial charge in [0.25, 0.3) is 0 Å². The molecule has 0 saturated carbocycles.